The normalized spacial score (nSPS) is 9.67. The van der Waals surface area contributed by atoms with Crippen LogP contribution < -0.4 is 0 Å². The van der Waals surface area contributed by atoms with Crippen LogP contribution in [0.15, 0.2) is 0 Å². The summed E-state index contributed by atoms with van der Waals surface area (Å²) >= 11 is -5.25. The van der Waals surface area contributed by atoms with Gasteiger partial charge in [0.05, 0.1) is 0 Å². The monoisotopic (exact) mass is 260 g/mol. The Hall–Kier alpha value is 0.962. The van der Waals surface area contributed by atoms with E-state index in [1.54, 1.807) is 0 Å². The van der Waals surface area contributed by atoms with Crippen molar-refractivity contribution in [3.63, 3.8) is 0 Å². The van der Waals surface area contributed by atoms with Crippen LogP contribution in [0.2, 0.25) is 0 Å². The fourth-order valence-electron chi connectivity index (χ4n) is 0. The summed E-state index contributed by atoms with van der Waals surface area (Å²) in [5.41, 5.74) is 0. The summed E-state index contributed by atoms with van der Waals surface area (Å²) in [5, 5.41) is 0. The minimum atomic E-state index is -5.25. The topological polar surface area (TPSA) is 74.6 Å². The second-order valence-electron chi connectivity index (χ2n) is 0.448. The quantitative estimate of drug-likeness (QED) is 0.506. The van der Waals surface area contributed by atoms with E-state index in [0.29, 0.717) is 0 Å². The molecule has 0 rings (SSSR count). The van der Waals surface area contributed by atoms with Crippen LogP contribution in [0, 0.1) is 0 Å². The molecule has 0 aromatic rings. The van der Waals surface area contributed by atoms with E-state index >= 15 is 0 Å². The van der Waals surface area contributed by atoms with Gasteiger partial charge in [0, 0.05) is 27.3 Å². The minimum absolute atomic E-state index is 0. The molecule has 0 aliphatic carbocycles. The molecular weight excluding hydrogens is 255 g/mol. The molecule has 0 unspecified atom stereocenters. The van der Waals surface area contributed by atoms with E-state index < -0.39 is 13.4 Å². The van der Waals surface area contributed by atoms with Crippen molar-refractivity contribution >= 4 is 13.4 Å². The van der Waals surface area contributed by atoms with Gasteiger partial charge in [0.2, 0.25) is 0 Å². The first-order chi connectivity index (χ1) is 2.00. The molecule has 0 aromatic heterocycles. The van der Waals surface area contributed by atoms with Crippen LogP contribution in [-0.4, -0.2) is 21.7 Å². The van der Waals surface area contributed by atoms with Gasteiger partial charge in [0.1, 0.15) is 0 Å². The molecule has 0 aliphatic heterocycles. The Kier molecular flexibility index (Phi) is 5.07. The minimum Gasteiger partial charge on any atom is 0 e. The Morgan fingerprint density at radius 2 is 1.17 bits per heavy atom. The molecule has 0 bridgehead atoms. The first-order valence-corrected chi connectivity index (χ1v) is 3.63. The average molecular weight is 257 g/mol. The van der Waals surface area contributed by atoms with Crippen molar-refractivity contribution < 1.29 is 43.3 Å². The summed E-state index contributed by atoms with van der Waals surface area (Å²) in [5.74, 6) is 0. The predicted octanol–water partition coefficient (Wildman–Crippen LogP) is -1.73. The van der Waals surface area contributed by atoms with Crippen molar-refractivity contribution in [3.8, 4) is 0 Å². The maximum Gasteiger partial charge on any atom is 0 e. The smallest absolute Gasteiger partial charge is 0 e. The average Bonchev–Trinajstić information content (AvgIpc) is 0.722. The van der Waals surface area contributed by atoms with E-state index in [4.69, 9.17) is 16.0 Å². The molecule has 0 radical (unpaired) electrons. The Balaban J connectivity index is 0. The molecule has 0 fully saturated rings. The van der Waals surface area contributed by atoms with Gasteiger partial charge in [-0.05, 0) is 0 Å². The van der Waals surface area contributed by atoms with Gasteiger partial charge in [-0.2, -0.15) is 0 Å². The van der Waals surface area contributed by atoms with Crippen LogP contribution >= 0.6 is 0 Å². The number of rotatable bonds is 0. The summed E-state index contributed by atoms with van der Waals surface area (Å²) in [4.78, 5) is 0. The molecule has 0 spiro atoms. The third-order valence-corrected chi connectivity index (χ3v) is 0. The van der Waals surface area contributed by atoms with Crippen LogP contribution in [0.5, 0.6) is 0 Å². The van der Waals surface area contributed by atoms with E-state index in [2.05, 4.69) is 0 Å². The van der Waals surface area contributed by atoms with Crippen LogP contribution in [0.4, 0.5) is 0 Å². The van der Waals surface area contributed by atoms with Gasteiger partial charge in [0.15, 0.2) is 0 Å². The fourth-order valence-corrected chi connectivity index (χ4v) is 0. The summed E-state index contributed by atoms with van der Waals surface area (Å²) in [6.07, 6.45) is 0. The van der Waals surface area contributed by atoms with Gasteiger partial charge in [-0.25, -0.2) is 0 Å². The standard InChI is InChI=1S/Cd.H2O4Se/c;1-5(2,3)4/h;(H2,1,2,3,4). The third kappa shape index (κ3) is 84.2. The zero-order chi connectivity index (χ0) is 4.50. The molecule has 6 heteroatoms. The molecule has 4 nitrogen and oxygen atoms in total. The SMILES string of the molecule is O=[Se](=O)(O)O.[Cd]. The van der Waals surface area contributed by atoms with Gasteiger partial charge < -0.3 is 0 Å². The van der Waals surface area contributed by atoms with Crippen molar-refractivity contribution in [2.75, 3.05) is 0 Å². The van der Waals surface area contributed by atoms with Crippen LogP contribution in [0.3, 0.4) is 0 Å². The molecule has 6 heavy (non-hydrogen) atoms. The largest absolute Gasteiger partial charge is 0 e. The maximum absolute atomic E-state index is 8.82. The molecule has 34 valence electrons. The Bertz CT molecular complexity index is 90.7. The predicted molar refractivity (Wildman–Crippen MR) is 11.6 cm³/mol. The van der Waals surface area contributed by atoms with E-state index in [1.165, 1.54) is 0 Å². The Morgan fingerprint density at radius 3 is 1.17 bits per heavy atom. The molecule has 0 aliphatic rings. The van der Waals surface area contributed by atoms with Crippen LogP contribution in [0.1, 0.15) is 0 Å². The molecule has 0 saturated heterocycles. The Morgan fingerprint density at radius 1 is 1.17 bits per heavy atom. The molecule has 0 saturated carbocycles. The van der Waals surface area contributed by atoms with Gasteiger partial charge in [-0.3, -0.25) is 0 Å². The summed E-state index contributed by atoms with van der Waals surface area (Å²) in [6, 6.07) is 0. The molecule has 0 aromatic carbocycles. The van der Waals surface area contributed by atoms with Gasteiger partial charge in [-0.15, -0.1) is 0 Å². The van der Waals surface area contributed by atoms with Gasteiger partial charge in [0.25, 0.3) is 0 Å². The molecule has 2 N–H and O–H groups in total. The third-order valence-electron chi connectivity index (χ3n) is 0. The second kappa shape index (κ2) is 3.03. The van der Waals surface area contributed by atoms with Crippen molar-refractivity contribution in [1.82, 2.24) is 0 Å². The van der Waals surface area contributed by atoms with E-state index in [9.17, 15) is 0 Å². The molecule has 0 amide bonds. The van der Waals surface area contributed by atoms with Gasteiger partial charge >= 0.3 is 29.4 Å². The van der Waals surface area contributed by atoms with Crippen LogP contribution in [0.25, 0.3) is 0 Å². The zero-order valence-corrected chi connectivity index (χ0v) is 8.58. The van der Waals surface area contributed by atoms with Gasteiger partial charge in [-0.1, -0.05) is 0 Å². The Labute approximate surface area is 56.6 Å². The van der Waals surface area contributed by atoms with Crippen LogP contribution in [-0.2, 0) is 35.0 Å². The zero-order valence-electron chi connectivity index (χ0n) is 2.83. The first-order valence-electron chi connectivity index (χ1n) is 0.698. The molecule has 0 atom stereocenters. The number of hydrogen-bond acceptors (Lipinski definition) is 2. The van der Waals surface area contributed by atoms with E-state index in [1.807, 2.05) is 0 Å². The maximum atomic E-state index is 8.82. The van der Waals surface area contributed by atoms with E-state index in [-0.39, 0.29) is 27.3 Å². The second-order valence-corrected chi connectivity index (χ2v) is 2.33. The summed E-state index contributed by atoms with van der Waals surface area (Å²) < 4.78 is 31.9. The van der Waals surface area contributed by atoms with E-state index in [0.717, 1.165) is 0 Å². The molecular formula is H2CdO4Se. The van der Waals surface area contributed by atoms with Crippen molar-refractivity contribution in [1.29, 1.82) is 0 Å². The first kappa shape index (κ1) is 10.1. The molecule has 0 heterocycles. The van der Waals surface area contributed by atoms with Crippen molar-refractivity contribution in [2.45, 2.75) is 0 Å². The van der Waals surface area contributed by atoms with Crippen molar-refractivity contribution in [3.05, 3.63) is 0 Å². The number of hydrogen-bond donors (Lipinski definition) is 2. The van der Waals surface area contributed by atoms with Crippen molar-refractivity contribution in [2.24, 2.45) is 0 Å². The summed E-state index contributed by atoms with van der Waals surface area (Å²) in [7, 11) is 0. The summed E-state index contributed by atoms with van der Waals surface area (Å²) in [6.45, 7) is 0. The fraction of sp³-hybridized carbons (Fsp3) is 0.